The molecule has 0 saturated heterocycles. The van der Waals surface area contributed by atoms with E-state index in [4.69, 9.17) is 4.52 Å². The Morgan fingerprint density at radius 3 is 2.62 bits per heavy atom. The van der Waals surface area contributed by atoms with Crippen LogP contribution in [0.1, 0.15) is 0 Å². The second-order valence-electron chi connectivity index (χ2n) is 3.04. The lowest BCUT2D eigenvalue weighted by molar-refractivity contribution is -0.120. The van der Waals surface area contributed by atoms with Crippen molar-refractivity contribution in [2.45, 2.75) is 0 Å². The fourth-order valence-electron chi connectivity index (χ4n) is 1.44. The van der Waals surface area contributed by atoms with E-state index >= 15 is 0 Å². The number of carbonyl (C=O) groups is 1. The van der Waals surface area contributed by atoms with E-state index in [1.165, 1.54) is 0 Å². The Kier molecular flexibility index (Phi) is 3.22. The van der Waals surface area contributed by atoms with Crippen LogP contribution in [-0.2, 0) is 13.9 Å². The summed E-state index contributed by atoms with van der Waals surface area (Å²) >= 11 is 0. The molecule has 0 aromatic heterocycles. The first-order valence-corrected chi connectivity index (χ1v) is 5.83. The standard InChI is InChI=1S/C11H9O4P/c12-8-14-16(13)15-11-7-3-5-9-4-1-2-6-10(9)11/h1-8,16H. The Morgan fingerprint density at radius 1 is 1.06 bits per heavy atom. The number of benzene rings is 2. The highest BCUT2D eigenvalue weighted by molar-refractivity contribution is 7.34. The molecule has 2 aromatic rings. The Morgan fingerprint density at radius 2 is 1.81 bits per heavy atom. The molecule has 0 bridgehead atoms. The van der Waals surface area contributed by atoms with Crippen molar-refractivity contribution in [1.29, 1.82) is 0 Å². The number of carbonyl (C=O) groups excluding carboxylic acids is 1. The molecule has 1 unspecified atom stereocenters. The summed E-state index contributed by atoms with van der Waals surface area (Å²) in [6.45, 7) is 0.117. The van der Waals surface area contributed by atoms with E-state index < -0.39 is 8.25 Å². The van der Waals surface area contributed by atoms with E-state index in [-0.39, 0.29) is 6.47 Å². The molecule has 1 atom stereocenters. The Hall–Kier alpha value is -1.80. The Bertz CT molecular complexity index is 533. The van der Waals surface area contributed by atoms with E-state index in [9.17, 15) is 9.36 Å². The third kappa shape index (κ3) is 2.23. The van der Waals surface area contributed by atoms with Crippen LogP contribution in [0.3, 0.4) is 0 Å². The minimum Gasteiger partial charge on any atom is -0.417 e. The molecule has 0 aliphatic heterocycles. The van der Waals surface area contributed by atoms with E-state index in [1.807, 2.05) is 30.3 Å². The molecule has 0 saturated carbocycles. The predicted molar refractivity (Wildman–Crippen MR) is 60.7 cm³/mol. The zero-order valence-electron chi connectivity index (χ0n) is 8.25. The van der Waals surface area contributed by atoms with Crippen molar-refractivity contribution in [2.24, 2.45) is 0 Å². The van der Waals surface area contributed by atoms with Crippen LogP contribution in [0.15, 0.2) is 42.5 Å². The minimum atomic E-state index is -2.80. The summed E-state index contributed by atoms with van der Waals surface area (Å²) in [5, 5.41) is 1.80. The molecule has 0 spiro atoms. The molecule has 5 heteroatoms. The van der Waals surface area contributed by atoms with E-state index in [0.717, 1.165) is 10.8 Å². The average Bonchev–Trinajstić information content (AvgIpc) is 2.30. The fourth-order valence-corrected chi connectivity index (χ4v) is 1.92. The Labute approximate surface area is 92.7 Å². The molecule has 0 radical (unpaired) electrons. The van der Waals surface area contributed by atoms with Gasteiger partial charge in [0.05, 0.1) is 0 Å². The molecule has 82 valence electrons. The SMILES string of the molecule is O=CO[PH](=O)Oc1cccc2ccccc12. The quantitative estimate of drug-likeness (QED) is 0.605. The van der Waals surface area contributed by atoms with Gasteiger partial charge in [-0.25, -0.2) is 4.57 Å². The van der Waals surface area contributed by atoms with Gasteiger partial charge in [0.1, 0.15) is 5.75 Å². The lowest BCUT2D eigenvalue weighted by atomic mass is 10.1. The lowest BCUT2D eigenvalue weighted by Crippen LogP contribution is -1.86. The Balaban J connectivity index is 2.37. The van der Waals surface area contributed by atoms with Crippen LogP contribution < -0.4 is 4.52 Å². The van der Waals surface area contributed by atoms with Gasteiger partial charge < -0.3 is 9.05 Å². The minimum absolute atomic E-state index is 0.117. The summed E-state index contributed by atoms with van der Waals surface area (Å²) in [7, 11) is -2.80. The second-order valence-corrected chi connectivity index (χ2v) is 3.98. The summed E-state index contributed by atoms with van der Waals surface area (Å²) in [4.78, 5) is 9.99. The third-order valence-corrected chi connectivity index (χ3v) is 2.76. The highest BCUT2D eigenvalue weighted by atomic mass is 31.1. The van der Waals surface area contributed by atoms with Gasteiger partial charge in [-0.3, -0.25) is 4.79 Å². The maximum Gasteiger partial charge on any atom is 0.420 e. The molecule has 0 aliphatic rings. The highest BCUT2D eigenvalue weighted by Gasteiger charge is 2.05. The van der Waals surface area contributed by atoms with Crippen LogP contribution in [0.25, 0.3) is 10.8 Å². The molecule has 0 aliphatic carbocycles. The average molecular weight is 236 g/mol. The molecule has 16 heavy (non-hydrogen) atoms. The molecule has 0 amide bonds. The molecule has 0 N–H and O–H groups in total. The molecule has 0 fully saturated rings. The summed E-state index contributed by atoms with van der Waals surface area (Å²) in [6, 6.07) is 12.9. The lowest BCUT2D eigenvalue weighted by Gasteiger charge is -2.06. The number of rotatable bonds is 4. The van der Waals surface area contributed by atoms with E-state index in [0.29, 0.717) is 5.75 Å². The van der Waals surface area contributed by atoms with Crippen molar-refractivity contribution in [1.82, 2.24) is 0 Å². The van der Waals surface area contributed by atoms with Crippen LogP contribution in [0.2, 0.25) is 0 Å². The van der Waals surface area contributed by atoms with E-state index in [2.05, 4.69) is 4.52 Å². The fraction of sp³-hybridized carbons (Fsp3) is 0. The van der Waals surface area contributed by atoms with Crippen molar-refractivity contribution < 1.29 is 18.4 Å². The van der Waals surface area contributed by atoms with Crippen LogP contribution in [0, 0.1) is 0 Å². The second kappa shape index (κ2) is 4.81. The first-order valence-electron chi connectivity index (χ1n) is 4.61. The molecule has 0 heterocycles. The van der Waals surface area contributed by atoms with Crippen molar-refractivity contribution in [2.75, 3.05) is 0 Å². The summed E-state index contributed by atoms with van der Waals surface area (Å²) in [5.41, 5.74) is 0. The zero-order valence-corrected chi connectivity index (χ0v) is 9.25. The van der Waals surface area contributed by atoms with Crippen LogP contribution in [-0.4, -0.2) is 6.47 Å². The number of hydrogen-bond donors (Lipinski definition) is 0. The monoisotopic (exact) mass is 236 g/mol. The molecule has 2 rings (SSSR count). The molecular formula is C11H9O4P. The van der Waals surface area contributed by atoms with Gasteiger partial charge in [0.2, 0.25) is 0 Å². The molecule has 4 nitrogen and oxygen atoms in total. The molecule has 2 aromatic carbocycles. The van der Waals surface area contributed by atoms with Crippen molar-refractivity contribution in [3.05, 3.63) is 42.5 Å². The van der Waals surface area contributed by atoms with E-state index in [1.54, 1.807) is 12.1 Å². The van der Waals surface area contributed by atoms with Gasteiger partial charge in [-0.15, -0.1) is 0 Å². The first-order chi connectivity index (χ1) is 7.81. The topological polar surface area (TPSA) is 52.6 Å². The first kappa shape index (κ1) is 10.7. The van der Waals surface area contributed by atoms with Gasteiger partial charge in [0.25, 0.3) is 6.47 Å². The summed E-state index contributed by atoms with van der Waals surface area (Å²) in [5.74, 6) is 0.448. The normalized spacial score (nSPS) is 12.0. The van der Waals surface area contributed by atoms with Gasteiger partial charge in [0, 0.05) is 5.39 Å². The van der Waals surface area contributed by atoms with Crippen molar-refractivity contribution >= 4 is 25.5 Å². The largest absolute Gasteiger partial charge is 0.420 e. The van der Waals surface area contributed by atoms with Gasteiger partial charge in [-0.05, 0) is 11.5 Å². The van der Waals surface area contributed by atoms with Crippen LogP contribution >= 0.6 is 8.25 Å². The predicted octanol–water partition coefficient (Wildman–Crippen LogP) is 2.78. The zero-order chi connectivity index (χ0) is 11.4. The van der Waals surface area contributed by atoms with Gasteiger partial charge in [-0.1, -0.05) is 36.4 Å². The third-order valence-electron chi connectivity index (χ3n) is 2.09. The van der Waals surface area contributed by atoms with Crippen molar-refractivity contribution in [3.63, 3.8) is 0 Å². The smallest absolute Gasteiger partial charge is 0.417 e. The maximum absolute atomic E-state index is 11.2. The van der Waals surface area contributed by atoms with Gasteiger partial charge >= 0.3 is 8.25 Å². The van der Waals surface area contributed by atoms with Crippen LogP contribution in [0.5, 0.6) is 5.75 Å². The summed E-state index contributed by atoms with van der Waals surface area (Å²) < 4.78 is 20.5. The van der Waals surface area contributed by atoms with Gasteiger partial charge in [0.15, 0.2) is 0 Å². The van der Waals surface area contributed by atoms with Crippen LogP contribution in [0.4, 0.5) is 0 Å². The summed E-state index contributed by atoms with van der Waals surface area (Å²) in [6.07, 6.45) is 0. The van der Waals surface area contributed by atoms with Crippen molar-refractivity contribution in [3.8, 4) is 5.75 Å². The number of hydrogen-bond acceptors (Lipinski definition) is 4. The molecular weight excluding hydrogens is 227 g/mol. The highest BCUT2D eigenvalue weighted by Crippen LogP contribution is 2.32. The van der Waals surface area contributed by atoms with Gasteiger partial charge in [-0.2, -0.15) is 0 Å². The number of fused-ring (bicyclic) bond motifs is 1. The maximum atomic E-state index is 11.2.